The zero-order valence-electron chi connectivity index (χ0n) is 11.9. The van der Waals surface area contributed by atoms with Gasteiger partial charge in [0, 0.05) is 18.3 Å². The fourth-order valence-corrected chi connectivity index (χ4v) is 3.25. The summed E-state index contributed by atoms with van der Waals surface area (Å²) in [6.07, 6.45) is 3.72. The molecule has 0 radical (unpaired) electrons. The Labute approximate surface area is 129 Å². The lowest BCUT2D eigenvalue weighted by molar-refractivity contribution is -0.127. The van der Waals surface area contributed by atoms with Gasteiger partial charge >= 0.3 is 0 Å². The molecule has 110 valence electrons. The van der Waals surface area contributed by atoms with Crippen LogP contribution in [-0.4, -0.2) is 23.9 Å². The SMILES string of the molecule is CCCC(CCBr)CNC(=O)C1Cc2ccccc2O1. The van der Waals surface area contributed by atoms with Crippen molar-refractivity contribution < 1.29 is 9.53 Å². The van der Waals surface area contributed by atoms with Crippen molar-refractivity contribution in [1.29, 1.82) is 0 Å². The Hall–Kier alpha value is -1.03. The third-order valence-corrected chi connectivity index (χ3v) is 4.18. The smallest absolute Gasteiger partial charge is 0.261 e. The number of ether oxygens (including phenoxy) is 1. The first-order valence-electron chi connectivity index (χ1n) is 7.32. The lowest BCUT2D eigenvalue weighted by atomic mass is 10.0. The molecule has 1 amide bonds. The minimum atomic E-state index is -0.362. The van der Waals surface area contributed by atoms with Crippen molar-refractivity contribution >= 4 is 21.8 Å². The number of carbonyl (C=O) groups excluding carboxylic acids is 1. The Bertz CT molecular complexity index is 419. The quantitative estimate of drug-likeness (QED) is 0.774. The number of halogens is 1. The van der Waals surface area contributed by atoms with Crippen molar-refractivity contribution in [3.63, 3.8) is 0 Å². The Morgan fingerprint density at radius 1 is 1.45 bits per heavy atom. The highest BCUT2D eigenvalue weighted by Crippen LogP contribution is 2.28. The molecule has 4 heteroatoms. The van der Waals surface area contributed by atoms with Gasteiger partial charge in [-0.05, 0) is 30.4 Å². The zero-order valence-corrected chi connectivity index (χ0v) is 13.5. The van der Waals surface area contributed by atoms with E-state index in [1.807, 2.05) is 24.3 Å². The van der Waals surface area contributed by atoms with Crippen LogP contribution in [0, 0.1) is 5.92 Å². The van der Waals surface area contributed by atoms with Gasteiger partial charge in [0.2, 0.25) is 0 Å². The van der Waals surface area contributed by atoms with Crippen LogP contribution in [0.1, 0.15) is 31.7 Å². The van der Waals surface area contributed by atoms with Crippen LogP contribution in [-0.2, 0) is 11.2 Å². The summed E-state index contributed by atoms with van der Waals surface area (Å²) in [5.41, 5.74) is 1.12. The van der Waals surface area contributed by atoms with Crippen LogP contribution in [0.2, 0.25) is 0 Å². The number of rotatable bonds is 7. The molecule has 1 heterocycles. The van der Waals surface area contributed by atoms with Crippen LogP contribution in [0.3, 0.4) is 0 Å². The van der Waals surface area contributed by atoms with Crippen LogP contribution in [0.4, 0.5) is 0 Å². The zero-order chi connectivity index (χ0) is 14.4. The average Bonchev–Trinajstić information content (AvgIpc) is 2.89. The van der Waals surface area contributed by atoms with Crippen molar-refractivity contribution in [1.82, 2.24) is 5.32 Å². The second kappa shape index (κ2) is 7.67. The van der Waals surface area contributed by atoms with Crippen LogP contribution < -0.4 is 10.1 Å². The molecular weight excluding hydrogens is 318 g/mol. The number of para-hydroxylation sites is 1. The Balaban J connectivity index is 1.81. The van der Waals surface area contributed by atoms with Gasteiger partial charge in [-0.1, -0.05) is 47.5 Å². The predicted octanol–water partition coefficient (Wildman–Crippen LogP) is 3.31. The van der Waals surface area contributed by atoms with Crippen molar-refractivity contribution in [2.45, 2.75) is 38.7 Å². The molecule has 0 aliphatic carbocycles. The second-order valence-corrected chi connectivity index (χ2v) is 6.09. The minimum absolute atomic E-state index is 0.0110. The maximum atomic E-state index is 12.2. The van der Waals surface area contributed by atoms with Gasteiger partial charge in [-0.25, -0.2) is 0 Å². The Morgan fingerprint density at radius 3 is 2.95 bits per heavy atom. The average molecular weight is 340 g/mol. The lowest BCUT2D eigenvalue weighted by Gasteiger charge is -2.17. The summed E-state index contributed by atoms with van der Waals surface area (Å²) < 4.78 is 5.70. The molecule has 0 aromatic heterocycles. The van der Waals surface area contributed by atoms with E-state index in [1.54, 1.807) is 0 Å². The Kier molecular flexibility index (Phi) is 5.89. The van der Waals surface area contributed by atoms with Gasteiger partial charge in [0.25, 0.3) is 5.91 Å². The number of alkyl halides is 1. The van der Waals surface area contributed by atoms with Crippen LogP contribution in [0.25, 0.3) is 0 Å². The molecule has 0 fully saturated rings. The number of carbonyl (C=O) groups is 1. The molecule has 1 aliphatic rings. The van der Waals surface area contributed by atoms with Gasteiger partial charge in [0.15, 0.2) is 6.10 Å². The largest absolute Gasteiger partial charge is 0.480 e. The molecule has 3 nitrogen and oxygen atoms in total. The normalized spacial score (nSPS) is 18.2. The number of hydrogen-bond acceptors (Lipinski definition) is 2. The monoisotopic (exact) mass is 339 g/mol. The van der Waals surface area contributed by atoms with E-state index >= 15 is 0 Å². The molecule has 1 aromatic rings. The molecule has 1 aromatic carbocycles. The first-order chi connectivity index (χ1) is 9.74. The molecule has 0 bridgehead atoms. The van der Waals surface area contributed by atoms with E-state index in [0.717, 1.165) is 42.5 Å². The highest BCUT2D eigenvalue weighted by molar-refractivity contribution is 9.09. The number of benzene rings is 1. The summed E-state index contributed by atoms with van der Waals surface area (Å²) in [6.45, 7) is 2.92. The highest BCUT2D eigenvalue weighted by Gasteiger charge is 2.28. The molecule has 0 spiro atoms. The Morgan fingerprint density at radius 2 is 2.25 bits per heavy atom. The molecule has 0 saturated heterocycles. The number of fused-ring (bicyclic) bond motifs is 1. The summed E-state index contributed by atoms with van der Waals surface area (Å²) in [4.78, 5) is 12.2. The third-order valence-electron chi connectivity index (χ3n) is 3.72. The number of hydrogen-bond donors (Lipinski definition) is 1. The summed E-state index contributed by atoms with van der Waals surface area (Å²) in [7, 11) is 0. The standard InChI is InChI=1S/C16H22BrNO2/c1-2-5-12(8-9-17)11-18-16(19)15-10-13-6-3-4-7-14(13)20-15/h3-4,6-7,12,15H,2,5,8-11H2,1H3,(H,18,19). The molecule has 20 heavy (non-hydrogen) atoms. The highest BCUT2D eigenvalue weighted by atomic mass is 79.9. The molecule has 0 saturated carbocycles. The topological polar surface area (TPSA) is 38.3 Å². The second-order valence-electron chi connectivity index (χ2n) is 5.30. The maximum Gasteiger partial charge on any atom is 0.261 e. The van der Waals surface area contributed by atoms with E-state index in [4.69, 9.17) is 4.74 Å². The van der Waals surface area contributed by atoms with Crippen LogP contribution in [0.5, 0.6) is 5.75 Å². The number of nitrogens with one attached hydrogen (secondary N) is 1. The molecule has 2 unspecified atom stereocenters. The maximum absolute atomic E-state index is 12.2. The summed E-state index contributed by atoms with van der Waals surface area (Å²) in [5, 5.41) is 4.03. The van der Waals surface area contributed by atoms with Gasteiger partial charge in [0.1, 0.15) is 5.75 Å². The predicted molar refractivity (Wildman–Crippen MR) is 84.4 cm³/mol. The van der Waals surface area contributed by atoms with Crippen LogP contribution >= 0.6 is 15.9 Å². The van der Waals surface area contributed by atoms with Gasteiger partial charge in [0.05, 0.1) is 0 Å². The molecule has 1 aliphatic heterocycles. The molecular formula is C16H22BrNO2. The van der Waals surface area contributed by atoms with Crippen LogP contribution in [0.15, 0.2) is 24.3 Å². The van der Waals surface area contributed by atoms with Gasteiger partial charge < -0.3 is 10.1 Å². The van der Waals surface area contributed by atoms with Crippen molar-refractivity contribution in [3.8, 4) is 5.75 Å². The fourth-order valence-electron chi connectivity index (χ4n) is 2.60. The molecule has 2 rings (SSSR count). The molecule has 2 atom stereocenters. The van der Waals surface area contributed by atoms with E-state index in [-0.39, 0.29) is 12.0 Å². The number of amides is 1. The van der Waals surface area contributed by atoms with E-state index in [9.17, 15) is 4.79 Å². The van der Waals surface area contributed by atoms with Gasteiger partial charge in [-0.2, -0.15) is 0 Å². The van der Waals surface area contributed by atoms with E-state index in [1.165, 1.54) is 0 Å². The van der Waals surface area contributed by atoms with Crippen molar-refractivity contribution in [2.24, 2.45) is 5.92 Å². The van der Waals surface area contributed by atoms with Crippen molar-refractivity contribution in [2.75, 3.05) is 11.9 Å². The minimum Gasteiger partial charge on any atom is -0.480 e. The summed E-state index contributed by atoms with van der Waals surface area (Å²) in [5.74, 6) is 1.40. The van der Waals surface area contributed by atoms with Gasteiger partial charge in [-0.15, -0.1) is 0 Å². The first-order valence-corrected chi connectivity index (χ1v) is 8.45. The third kappa shape index (κ3) is 3.98. The summed E-state index contributed by atoms with van der Waals surface area (Å²) in [6, 6.07) is 7.86. The fraction of sp³-hybridized carbons (Fsp3) is 0.562. The van der Waals surface area contributed by atoms with E-state index in [2.05, 4.69) is 28.2 Å². The first kappa shape index (κ1) is 15.4. The van der Waals surface area contributed by atoms with Crippen molar-refractivity contribution in [3.05, 3.63) is 29.8 Å². The lowest BCUT2D eigenvalue weighted by Crippen LogP contribution is -2.39. The van der Waals surface area contributed by atoms with E-state index in [0.29, 0.717) is 12.3 Å². The summed E-state index contributed by atoms with van der Waals surface area (Å²) >= 11 is 3.48. The van der Waals surface area contributed by atoms with Gasteiger partial charge in [-0.3, -0.25) is 4.79 Å². The molecule has 1 N–H and O–H groups in total. The van der Waals surface area contributed by atoms with E-state index < -0.39 is 0 Å².